The first-order valence-corrected chi connectivity index (χ1v) is 13.9. The van der Waals surface area contributed by atoms with Crippen molar-refractivity contribution in [1.29, 1.82) is 0 Å². The summed E-state index contributed by atoms with van der Waals surface area (Å²) in [6.45, 7) is 4.25. The maximum atomic E-state index is 13.0. The number of sulfonamides is 1. The van der Waals surface area contributed by atoms with Crippen LogP contribution in [0, 0.1) is 0 Å². The van der Waals surface area contributed by atoms with Gasteiger partial charge >= 0.3 is 5.97 Å². The van der Waals surface area contributed by atoms with Gasteiger partial charge in [-0.2, -0.15) is 0 Å². The third kappa shape index (κ3) is 6.39. The number of amides is 1. The Morgan fingerprint density at radius 1 is 1.08 bits per heavy atom. The van der Waals surface area contributed by atoms with E-state index in [0.29, 0.717) is 29.1 Å². The number of halogens is 1. The molecule has 0 spiro atoms. The Bertz CT molecular complexity index is 1360. The van der Waals surface area contributed by atoms with E-state index in [1.807, 2.05) is 18.2 Å². The highest BCUT2D eigenvalue weighted by Crippen LogP contribution is 2.38. The molecule has 198 valence electrons. The number of nitrogens with one attached hydrogen (secondary N) is 1. The fourth-order valence-electron chi connectivity index (χ4n) is 4.10. The summed E-state index contributed by atoms with van der Waals surface area (Å²) in [6, 6.07) is 15.9. The average molecular weight is 564 g/mol. The SMILES string of the molecule is CCOC(=O)c1c(NC(=O)c2ccc(S(=O)(=O)N(C)C)cc2)sc2c1CCN(Cc1ccccc1)C2.Cl. The molecule has 0 saturated heterocycles. The number of benzene rings is 2. The molecule has 4 rings (SSSR count). The van der Waals surface area contributed by atoms with E-state index in [9.17, 15) is 18.0 Å². The first-order chi connectivity index (χ1) is 17.2. The molecule has 1 aliphatic heterocycles. The van der Waals surface area contributed by atoms with Crippen LogP contribution < -0.4 is 5.32 Å². The van der Waals surface area contributed by atoms with Crippen molar-refractivity contribution in [2.24, 2.45) is 0 Å². The molecule has 0 unspecified atom stereocenters. The van der Waals surface area contributed by atoms with Gasteiger partial charge in [-0.05, 0) is 48.7 Å². The number of fused-ring (bicyclic) bond motifs is 1. The fourth-order valence-corrected chi connectivity index (χ4v) is 6.28. The average Bonchev–Trinajstić information content (AvgIpc) is 3.21. The van der Waals surface area contributed by atoms with E-state index < -0.39 is 21.9 Å². The number of anilines is 1. The first-order valence-electron chi connectivity index (χ1n) is 11.6. The second-order valence-electron chi connectivity index (χ2n) is 8.64. The molecule has 0 bridgehead atoms. The standard InChI is InChI=1S/C26H29N3O5S2.ClH/c1-4-34-26(31)23-21-14-15-29(16-18-8-6-5-7-9-18)17-22(21)35-25(23)27-24(30)19-10-12-20(13-11-19)36(32,33)28(2)3;/h5-13H,4,14-17H2,1-3H3,(H,27,30);1H. The van der Waals surface area contributed by atoms with Gasteiger partial charge in [0.05, 0.1) is 17.1 Å². The van der Waals surface area contributed by atoms with Gasteiger partial charge in [-0.1, -0.05) is 30.3 Å². The van der Waals surface area contributed by atoms with Crippen molar-refractivity contribution in [2.75, 3.05) is 32.6 Å². The van der Waals surface area contributed by atoms with Crippen LogP contribution in [0.1, 0.15) is 43.6 Å². The van der Waals surface area contributed by atoms with Gasteiger partial charge in [0, 0.05) is 44.2 Å². The Balaban J connectivity index is 0.00000380. The predicted octanol–water partition coefficient (Wildman–Crippen LogP) is 4.41. The Kier molecular flexibility index (Phi) is 9.49. The van der Waals surface area contributed by atoms with Crippen molar-refractivity contribution in [3.05, 3.63) is 81.7 Å². The van der Waals surface area contributed by atoms with Crippen LogP contribution in [0.5, 0.6) is 0 Å². The highest BCUT2D eigenvalue weighted by atomic mass is 35.5. The third-order valence-electron chi connectivity index (χ3n) is 5.99. The van der Waals surface area contributed by atoms with E-state index in [2.05, 4.69) is 22.3 Å². The lowest BCUT2D eigenvalue weighted by molar-refractivity contribution is 0.0526. The van der Waals surface area contributed by atoms with Crippen LogP contribution in [0.3, 0.4) is 0 Å². The van der Waals surface area contributed by atoms with Gasteiger partial charge in [0.15, 0.2) is 0 Å². The molecule has 11 heteroatoms. The van der Waals surface area contributed by atoms with E-state index in [-0.39, 0.29) is 23.9 Å². The van der Waals surface area contributed by atoms with Crippen LogP contribution in [-0.4, -0.2) is 56.7 Å². The van der Waals surface area contributed by atoms with Gasteiger partial charge in [0.2, 0.25) is 10.0 Å². The maximum Gasteiger partial charge on any atom is 0.341 e. The van der Waals surface area contributed by atoms with Crippen LogP contribution >= 0.6 is 23.7 Å². The quantitative estimate of drug-likeness (QED) is 0.408. The van der Waals surface area contributed by atoms with E-state index in [1.165, 1.54) is 55.3 Å². The fraction of sp³-hybridized carbons (Fsp3) is 0.308. The summed E-state index contributed by atoms with van der Waals surface area (Å²) >= 11 is 1.39. The Morgan fingerprint density at radius 3 is 2.38 bits per heavy atom. The molecule has 8 nitrogen and oxygen atoms in total. The van der Waals surface area contributed by atoms with Crippen molar-refractivity contribution >= 4 is 50.6 Å². The number of carbonyl (C=O) groups is 2. The van der Waals surface area contributed by atoms with Gasteiger partial charge in [-0.3, -0.25) is 9.69 Å². The summed E-state index contributed by atoms with van der Waals surface area (Å²) < 4.78 is 31.0. The topological polar surface area (TPSA) is 96.0 Å². The molecule has 1 N–H and O–H groups in total. The molecule has 0 radical (unpaired) electrons. The molecule has 1 aliphatic rings. The van der Waals surface area contributed by atoms with Crippen LogP contribution in [-0.2, 0) is 34.3 Å². The van der Waals surface area contributed by atoms with Gasteiger partial charge in [-0.15, -0.1) is 23.7 Å². The van der Waals surface area contributed by atoms with Crippen molar-refractivity contribution in [1.82, 2.24) is 9.21 Å². The third-order valence-corrected chi connectivity index (χ3v) is 8.95. The number of rotatable bonds is 8. The van der Waals surface area contributed by atoms with Crippen LogP contribution in [0.2, 0.25) is 0 Å². The van der Waals surface area contributed by atoms with Crippen LogP contribution in [0.25, 0.3) is 0 Å². The number of carbonyl (C=O) groups excluding carboxylic acids is 2. The predicted molar refractivity (Wildman–Crippen MR) is 147 cm³/mol. The monoisotopic (exact) mass is 563 g/mol. The molecule has 0 fully saturated rings. The molecular weight excluding hydrogens is 534 g/mol. The highest BCUT2D eigenvalue weighted by Gasteiger charge is 2.30. The molecule has 3 aromatic rings. The van der Waals surface area contributed by atoms with Crippen molar-refractivity contribution in [3.63, 3.8) is 0 Å². The molecule has 2 aromatic carbocycles. The summed E-state index contributed by atoms with van der Waals surface area (Å²) in [6.07, 6.45) is 0.680. The van der Waals surface area contributed by atoms with E-state index in [1.54, 1.807) is 6.92 Å². The lowest BCUT2D eigenvalue weighted by Crippen LogP contribution is -2.29. The van der Waals surface area contributed by atoms with Gasteiger partial charge < -0.3 is 10.1 Å². The minimum atomic E-state index is -3.59. The van der Waals surface area contributed by atoms with Crippen LogP contribution in [0.4, 0.5) is 5.00 Å². The number of nitrogens with zero attached hydrogens (tertiary/aromatic N) is 2. The van der Waals surface area contributed by atoms with Gasteiger partial charge in [0.1, 0.15) is 5.00 Å². The van der Waals surface area contributed by atoms with Crippen molar-refractivity contribution < 1.29 is 22.7 Å². The van der Waals surface area contributed by atoms with Gasteiger partial charge in [0.25, 0.3) is 5.91 Å². The molecule has 0 atom stereocenters. The highest BCUT2D eigenvalue weighted by molar-refractivity contribution is 7.89. The summed E-state index contributed by atoms with van der Waals surface area (Å²) in [5.74, 6) is -0.872. The van der Waals surface area contributed by atoms with Crippen molar-refractivity contribution in [3.8, 4) is 0 Å². The largest absolute Gasteiger partial charge is 0.462 e. The normalized spacial score (nSPS) is 13.5. The lowest BCUT2D eigenvalue weighted by Gasteiger charge is -2.27. The Hall–Kier alpha value is -2.76. The second-order valence-corrected chi connectivity index (χ2v) is 11.9. The summed E-state index contributed by atoms with van der Waals surface area (Å²) in [5.41, 5.74) is 2.85. The van der Waals surface area contributed by atoms with E-state index in [4.69, 9.17) is 4.74 Å². The minimum absolute atomic E-state index is 0. The summed E-state index contributed by atoms with van der Waals surface area (Å²) in [7, 11) is -0.693. The zero-order valence-corrected chi connectivity index (χ0v) is 23.3. The number of hydrogen-bond donors (Lipinski definition) is 1. The number of ether oxygens (including phenoxy) is 1. The zero-order chi connectivity index (χ0) is 25.9. The molecule has 0 aliphatic carbocycles. The van der Waals surface area contributed by atoms with Gasteiger partial charge in [-0.25, -0.2) is 17.5 Å². The maximum absolute atomic E-state index is 13.0. The van der Waals surface area contributed by atoms with E-state index in [0.717, 1.165) is 27.8 Å². The molecule has 2 heterocycles. The smallest absolute Gasteiger partial charge is 0.341 e. The number of hydrogen-bond acceptors (Lipinski definition) is 7. The molecule has 0 saturated carbocycles. The van der Waals surface area contributed by atoms with E-state index >= 15 is 0 Å². The van der Waals surface area contributed by atoms with Crippen LogP contribution in [0.15, 0.2) is 59.5 Å². The number of thiophene rings is 1. The molecule has 1 aromatic heterocycles. The summed E-state index contributed by atoms with van der Waals surface area (Å²) in [5, 5.41) is 3.32. The first kappa shape index (κ1) is 28.8. The molecule has 37 heavy (non-hydrogen) atoms. The zero-order valence-electron chi connectivity index (χ0n) is 20.9. The Morgan fingerprint density at radius 2 is 1.76 bits per heavy atom. The lowest BCUT2D eigenvalue weighted by atomic mass is 10.0. The minimum Gasteiger partial charge on any atom is -0.462 e. The van der Waals surface area contributed by atoms with Crippen molar-refractivity contribution in [2.45, 2.75) is 31.3 Å². The number of esters is 1. The summed E-state index contributed by atoms with van der Waals surface area (Å²) in [4.78, 5) is 29.3. The molecule has 1 amide bonds. The second kappa shape index (κ2) is 12.2. The molecular formula is C26H30ClN3O5S2. The Labute approximate surface area is 227 Å².